The molecule has 0 radical (unpaired) electrons. The summed E-state index contributed by atoms with van der Waals surface area (Å²) in [7, 11) is 0. The van der Waals surface area contributed by atoms with Crippen molar-refractivity contribution in [1.82, 2.24) is 10.2 Å². The first kappa shape index (κ1) is 18.4. The summed E-state index contributed by atoms with van der Waals surface area (Å²) in [6.07, 6.45) is 5.68. The maximum atomic E-state index is 12.3. The molecule has 1 unspecified atom stereocenters. The van der Waals surface area contributed by atoms with Gasteiger partial charge < -0.3 is 10.1 Å². The molecule has 1 aliphatic heterocycles. The second kappa shape index (κ2) is 8.74. The lowest BCUT2D eigenvalue weighted by Gasteiger charge is -2.41. The molecular weight excluding hydrogens is 264 g/mol. The highest BCUT2D eigenvalue weighted by molar-refractivity contribution is 5.80. The zero-order valence-corrected chi connectivity index (χ0v) is 14.6. The molecule has 21 heavy (non-hydrogen) atoms. The lowest BCUT2D eigenvalue weighted by atomic mass is 9.93. The van der Waals surface area contributed by atoms with Gasteiger partial charge in [0.1, 0.15) is 5.54 Å². The van der Waals surface area contributed by atoms with Gasteiger partial charge in [-0.05, 0) is 59.9 Å². The number of carbonyl (C=O) groups excluding carboxylic acids is 1. The molecule has 0 spiro atoms. The molecule has 3 atom stereocenters. The van der Waals surface area contributed by atoms with Gasteiger partial charge in [0.15, 0.2) is 0 Å². The Morgan fingerprint density at radius 3 is 2.43 bits per heavy atom. The molecule has 0 amide bonds. The van der Waals surface area contributed by atoms with Crippen LogP contribution in [-0.2, 0) is 9.53 Å². The van der Waals surface area contributed by atoms with Gasteiger partial charge in [0, 0.05) is 18.6 Å². The predicted octanol–water partition coefficient (Wildman–Crippen LogP) is 2.96. The first-order valence-corrected chi connectivity index (χ1v) is 8.62. The van der Waals surface area contributed by atoms with Crippen molar-refractivity contribution >= 4 is 5.97 Å². The second-order valence-electron chi connectivity index (χ2n) is 6.60. The number of nitrogens with one attached hydrogen (secondary N) is 1. The van der Waals surface area contributed by atoms with Crippen LogP contribution in [0.25, 0.3) is 0 Å². The van der Waals surface area contributed by atoms with Crippen molar-refractivity contribution in [2.24, 2.45) is 0 Å². The fraction of sp³-hybridized carbons (Fsp3) is 0.941. The summed E-state index contributed by atoms with van der Waals surface area (Å²) in [6.45, 7) is 12.8. The third-order valence-corrected chi connectivity index (χ3v) is 4.74. The van der Waals surface area contributed by atoms with Crippen molar-refractivity contribution in [2.75, 3.05) is 19.7 Å². The summed E-state index contributed by atoms with van der Waals surface area (Å²) >= 11 is 0. The highest BCUT2D eigenvalue weighted by Crippen LogP contribution is 2.24. The zero-order valence-electron chi connectivity index (χ0n) is 14.6. The molecule has 0 aromatic carbocycles. The van der Waals surface area contributed by atoms with Crippen LogP contribution in [0.4, 0.5) is 0 Å². The molecule has 0 saturated carbocycles. The monoisotopic (exact) mass is 298 g/mol. The fourth-order valence-electron chi connectivity index (χ4n) is 3.22. The van der Waals surface area contributed by atoms with Crippen LogP contribution < -0.4 is 5.32 Å². The summed E-state index contributed by atoms with van der Waals surface area (Å²) in [4.78, 5) is 14.9. The standard InChI is InChI=1S/C17H34N2O2/c1-6-12-18-17(5,16(20)21-7-2)11-13-19-14(3)9-8-10-15(19)4/h14-15,18H,6-13H2,1-5H3/t14-,15+,17?. The van der Waals surface area contributed by atoms with Crippen LogP contribution in [0.5, 0.6) is 0 Å². The van der Waals surface area contributed by atoms with Crippen LogP contribution in [0.2, 0.25) is 0 Å². The quantitative estimate of drug-likeness (QED) is 0.700. The van der Waals surface area contributed by atoms with Gasteiger partial charge in [0.05, 0.1) is 6.61 Å². The van der Waals surface area contributed by atoms with E-state index in [2.05, 4.69) is 31.0 Å². The van der Waals surface area contributed by atoms with Crippen LogP contribution in [0.1, 0.15) is 66.7 Å². The fourth-order valence-corrected chi connectivity index (χ4v) is 3.22. The van der Waals surface area contributed by atoms with Gasteiger partial charge in [-0.2, -0.15) is 0 Å². The third kappa shape index (κ3) is 5.26. The van der Waals surface area contributed by atoms with Crippen molar-refractivity contribution in [1.29, 1.82) is 0 Å². The smallest absolute Gasteiger partial charge is 0.326 e. The molecule has 1 N–H and O–H groups in total. The first-order valence-electron chi connectivity index (χ1n) is 8.62. The van der Waals surface area contributed by atoms with E-state index in [0.29, 0.717) is 18.7 Å². The largest absolute Gasteiger partial charge is 0.465 e. The molecule has 0 aromatic rings. The molecule has 1 heterocycles. The molecular formula is C17H34N2O2. The van der Waals surface area contributed by atoms with Crippen LogP contribution in [-0.4, -0.2) is 48.2 Å². The Labute approximate surface area is 130 Å². The number of rotatable bonds is 8. The molecule has 1 aliphatic rings. The van der Waals surface area contributed by atoms with Crippen LogP contribution in [0.15, 0.2) is 0 Å². The Kier molecular flexibility index (Phi) is 7.67. The normalized spacial score (nSPS) is 26.3. The van der Waals surface area contributed by atoms with Crippen LogP contribution in [0, 0.1) is 0 Å². The van der Waals surface area contributed by atoms with E-state index in [0.717, 1.165) is 25.9 Å². The molecule has 1 rings (SSSR count). The van der Waals surface area contributed by atoms with Gasteiger partial charge >= 0.3 is 5.97 Å². The third-order valence-electron chi connectivity index (χ3n) is 4.74. The van der Waals surface area contributed by atoms with E-state index in [-0.39, 0.29) is 5.97 Å². The van der Waals surface area contributed by atoms with Gasteiger partial charge in [0.25, 0.3) is 0 Å². The molecule has 0 aliphatic carbocycles. The number of nitrogens with zero attached hydrogens (tertiary/aromatic N) is 1. The Balaban J connectivity index is 2.65. The van der Waals surface area contributed by atoms with Crippen LogP contribution in [0.3, 0.4) is 0 Å². The Morgan fingerprint density at radius 1 is 1.29 bits per heavy atom. The average molecular weight is 298 g/mol. The number of carbonyl (C=O) groups is 1. The SMILES string of the molecule is CCCNC(C)(CCN1[C@H](C)CCC[C@@H]1C)C(=O)OCC. The maximum Gasteiger partial charge on any atom is 0.326 e. The molecule has 4 heteroatoms. The minimum Gasteiger partial charge on any atom is -0.465 e. The Hall–Kier alpha value is -0.610. The van der Waals surface area contributed by atoms with Crippen molar-refractivity contribution < 1.29 is 9.53 Å². The van der Waals surface area contributed by atoms with E-state index >= 15 is 0 Å². The number of ether oxygens (including phenoxy) is 1. The minimum atomic E-state index is -0.567. The van der Waals surface area contributed by atoms with Gasteiger partial charge in [-0.3, -0.25) is 9.69 Å². The maximum absolute atomic E-state index is 12.3. The van der Waals surface area contributed by atoms with Gasteiger partial charge in [-0.1, -0.05) is 13.3 Å². The molecule has 0 aromatic heterocycles. The van der Waals surface area contributed by atoms with Gasteiger partial charge in [-0.25, -0.2) is 0 Å². The van der Waals surface area contributed by atoms with Crippen LogP contribution >= 0.6 is 0 Å². The summed E-state index contributed by atoms with van der Waals surface area (Å²) in [5, 5.41) is 3.40. The van der Waals surface area contributed by atoms with E-state index < -0.39 is 5.54 Å². The van der Waals surface area contributed by atoms with Crippen molar-refractivity contribution in [3.63, 3.8) is 0 Å². The van der Waals surface area contributed by atoms with E-state index in [1.54, 1.807) is 0 Å². The predicted molar refractivity (Wildman–Crippen MR) is 87.4 cm³/mol. The molecule has 1 saturated heterocycles. The van der Waals surface area contributed by atoms with E-state index in [1.807, 2.05) is 13.8 Å². The van der Waals surface area contributed by atoms with Crippen molar-refractivity contribution in [3.8, 4) is 0 Å². The average Bonchev–Trinajstić information content (AvgIpc) is 2.45. The highest BCUT2D eigenvalue weighted by atomic mass is 16.5. The van der Waals surface area contributed by atoms with Gasteiger partial charge in [0.2, 0.25) is 0 Å². The lowest BCUT2D eigenvalue weighted by Crippen LogP contribution is -2.54. The topological polar surface area (TPSA) is 41.6 Å². The van der Waals surface area contributed by atoms with E-state index in [4.69, 9.17) is 4.74 Å². The second-order valence-corrected chi connectivity index (χ2v) is 6.60. The number of hydrogen-bond donors (Lipinski definition) is 1. The van der Waals surface area contributed by atoms with E-state index in [1.165, 1.54) is 19.3 Å². The summed E-state index contributed by atoms with van der Waals surface area (Å²) < 4.78 is 5.28. The summed E-state index contributed by atoms with van der Waals surface area (Å²) in [5.41, 5.74) is -0.567. The minimum absolute atomic E-state index is 0.115. The number of piperidine rings is 1. The number of esters is 1. The van der Waals surface area contributed by atoms with E-state index in [9.17, 15) is 4.79 Å². The summed E-state index contributed by atoms with van der Waals surface area (Å²) in [6, 6.07) is 1.23. The first-order chi connectivity index (χ1) is 9.94. The summed E-state index contributed by atoms with van der Waals surface area (Å²) in [5.74, 6) is -0.115. The molecule has 1 fully saturated rings. The number of likely N-dealkylation sites (tertiary alicyclic amines) is 1. The highest BCUT2D eigenvalue weighted by Gasteiger charge is 2.35. The molecule has 124 valence electrons. The lowest BCUT2D eigenvalue weighted by molar-refractivity contribution is -0.151. The number of hydrogen-bond acceptors (Lipinski definition) is 4. The molecule has 4 nitrogen and oxygen atoms in total. The van der Waals surface area contributed by atoms with Crippen molar-refractivity contribution in [3.05, 3.63) is 0 Å². The molecule has 0 bridgehead atoms. The Morgan fingerprint density at radius 2 is 1.90 bits per heavy atom. The Bertz CT molecular complexity index is 312. The van der Waals surface area contributed by atoms with Gasteiger partial charge in [-0.15, -0.1) is 0 Å². The zero-order chi connectivity index (χ0) is 15.9. The van der Waals surface area contributed by atoms with Crippen molar-refractivity contribution in [2.45, 2.75) is 84.3 Å².